The van der Waals surface area contributed by atoms with E-state index in [0.717, 1.165) is 19.3 Å². The van der Waals surface area contributed by atoms with E-state index in [0.29, 0.717) is 72.9 Å². The van der Waals surface area contributed by atoms with Crippen molar-refractivity contribution in [1.29, 1.82) is 0 Å². The number of amides is 3. The highest BCUT2D eigenvalue weighted by atomic mass is 32.1. The van der Waals surface area contributed by atoms with Gasteiger partial charge >= 0.3 is 13.5 Å². The molecule has 2 saturated carbocycles. The minimum Gasteiger partial charge on any atom is -0.465 e. The van der Waals surface area contributed by atoms with Crippen molar-refractivity contribution in [3.8, 4) is 5.75 Å². The van der Waals surface area contributed by atoms with E-state index in [1.165, 1.54) is 36.0 Å². The van der Waals surface area contributed by atoms with Crippen LogP contribution in [0.5, 0.6) is 5.75 Å². The van der Waals surface area contributed by atoms with Gasteiger partial charge in [0.1, 0.15) is 30.0 Å². The van der Waals surface area contributed by atoms with Crippen molar-refractivity contribution in [2.75, 3.05) is 20.2 Å². The van der Waals surface area contributed by atoms with Gasteiger partial charge in [0.25, 0.3) is 5.91 Å². The number of fused-ring (bicyclic) bond motifs is 2. The topological polar surface area (TPSA) is 138 Å². The second kappa shape index (κ2) is 19.1. The van der Waals surface area contributed by atoms with E-state index < -0.39 is 49.6 Å². The predicted molar refractivity (Wildman–Crippen MR) is 250 cm³/mol. The summed E-state index contributed by atoms with van der Waals surface area (Å²) >= 11 is 1.18. The number of ether oxygens (including phenoxy) is 1. The van der Waals surface area contributed by atoms with E-state index in [4.69, 9.17) is 9.26 Å². The SMILES string of the molecule is CCCOC(=O)[C@@H](C)NP(=O)(Oc1ccccc1)[C@@H](F)c1ccc2sc(C(=O)NC3CC[C@H](N(C)C4CC(F)C4)C[C@H]4CC[C@@H](C(=O)N5C[C@H](c6ccccc6)CC56CC6)N4C3=O)cc2c1. The Balaban J connectivity index is 0.952. The van der Waals surface area contributed by atoms with Crippen LogP contribution in [0.15, 0.2) is 84.9 Å². The van der Waals surface area contributed by atoms with Crippen LogP contribution in [0, 0.1) is 0 Å². The lowest BCUT2D eigenvalue weighted by molar-refractivity contribution is -0.148. The van der Waals surface area contributed by atoms with Crippen molar-refractivity contribution in [2.45, 2.75) is 144 Å². The number of likely N-dealkylation sites (tertiary alicyclic amines) is 1. The van der Waals surface area contributed by atoms with E-state index in [9.17, 15) is 28.1 Å². The highest BCUT2D eigenvalue weighted by Gasteiger charge is 2.59. The third-order valence-corrected chi connectivity index (χ3v) is 17.9. The number of nitrogens with one attached hydrogen (secondary N) is 2. The molecule has 3 saturated heterocycles. The second-order valence-corrected chi connectivity index (χ2v) is 22.3. The van der Waals surface area contributed by atoms with Crippen LogP contribution >= 0.6 is 18.9 Å². The van der Waals surface area contributed by atoms with E-state index in [1.807, 2.05) is 32.2 Å². The molecule has 2 aliphatic carbocycles. The number of halogens is 2. The molecular weight excluding hydrogens is 884 g/mol. The van der Waals surface area contributed by atoms with Crippen LogP contribution < -0.4 is 14.9 Å². The molecule has 16 heteroatoms. The zero-order valence-electron chi connectivity index (χ0n) is 37.8. The Hall–Kier alpha value is -4.69. The van der Waals surface area contributed by atoms with Gasteiger partial charge in [-0.2, -0.15) is 0 Å². The molecule has 8 atom stereocenters. The number of para-hydroxylation sites is 1. The first kappa shape index (κ1) is 46.4. The summed E-state index contributed by atoms with van der Waals surface area (Å²) < 4.78 is 56.9. The third-order valence-electron chi connectivity index (χ3n) is 14.6. The summed E-state index contributed by atoms with van der Waals surface area (Å²) in [6, 6.07) is 21.9. The number of esters is 1. The Labute approximate surface area is 389 Å². The van der Waals surface area contributed by atoms with Crippen LogP contribution in [0.1, 0.15) is 117 Å². The van der Waals surface area contributed by atoms with Gasteiger partial charge in [0.05, 0.1) is 11.5 Å². The molecule has 5 aliphatic rings. The summed E-state index contributed by atoms with van der Waals surface area (Å²) in [5.41, 5.74) is 1.05. The molecule has 352 valence electrons. The number of nitrogens with zero attached hydrogens (tertiary/aromatic N) is 3. The quantitative estimate of drug-likeness (QED) is 0.0884. The molecule has 12 nitrogen and oxygen atoms in total. The zero-order chi connectivity index (χ0) is 46.3. The number of thiophene rings is 1. The first-order valence-corrected chi connectivity index (χ1v) is 26.1. The maximum atomic E-state index is 16.7. The lowest BCUT2D eigenvalue weighted by Gasteiger charge is -2.45. The highest BCUT2D eigenvalue weighted by Crippen LogP contribution is 2.58. The van der Waals surface area contributed by atoms with E-state index >= 15 is 4.39 Å². The van der Waals surface area contributed by atoms with Crippen molar-refractivity contribution in [3.05, 3.63) is 101 Å². The number of rotatable bonds is 15. The molecule has 4 aromatic rings. The summed E-state index contributed by atoms with van der Waals surface area (Å²) in [6.07, 6.45) is 6.34. The van der Waals surface area contributed by atoms with Crippen LogP contribution in [0.2, 0.25) is 0 Å². The number of benzene rings is 3. The molecule has 2 N–H and O–H groups in total. The van der Waals surface area contributed by atoms with Crippen molar-refractivity contribution in [1.82, 2.24) is 25.1 Å². The number of alkyl halides is 2. The number of hydrogen-bond donors (Lipinski definition) is 2. The average molecular weight is 944 g/mol. The summed E-state index contributed by atoms with van der Waals surface area (Å²) in [5, 5.41) is 6.18. The number of carbonyl (C=O) groups is 4. The van der Waals surface area contributed by atoms with Gasteiger partial charge in [-0.25, -0.2) is 13.9 Å². The van der Waals surface area contributed by atoms with Gasteiger partial charge in [-0.05, 0) is 131 Å². The average Bonchev–Trinajstić information content (AvgIpc) is 3.58. The Kier molecular flexibility index (Phi) is 13.5. The van der Waals surface area contributed by atoms with E-state index in [-0.39, 0.29) is 59.3 Å². The molecule has 3 amide bonds. The zero-order valence-corrected chi connectivity index (χ0v) is 39.5. The summed E-state index contributed by atoms with van der Waals surface area (Å²) in [5.74, 6) is -3.28. The van der Waals surface area contributed by atoms with Crippen LogP contribution in [-0.4, -0.2) is 107 Å². The predicted octanol–water partition coefficient (Wildman–Crippen LogP) is 9.06. The van der Waals surface area contributed by atoms with Gasteiger partial charge in [-0.1, -0.05) is 61.5 Å². The fourth-order valence-corrected chi connectivity index (χ4v) is 13.6. The van der Waals surface area contributed by atoms with Gasteiger partial charge in [-0.3, -0.25) is 23.7 Å². The fraction of sp³-hybridized carbons (Fsp3) is 0.520. The standard InChI is InChI=1S/C50H60F2N5O7PS/c1-4-23-63-49(61)31(2)54-65(62,64-40-13-9-6-10-14-40)45(52)33-15-20-43-34(24-33)25-44(66-43)46(58)53-41-18-16-37(55(3)39-26-36(51)27-39)28-38-17-19-42(57(38)47(41)59)48(60)56-30-35(29-50(56)21-22-50)32-11-7-5-8-12-32/h5-15,20,24-25,31,35-39,41-42,45H,4,16-19,21-23,26-30H2,1-3H3,(H,53,58)(H,54,62)/t31-,35-,36?,37+,38-,39?,41?,42+,45-,65?/m1/s1. The molecule has 3 aromatic carbocycles. The van der Waals surface area contributed by atoms with E-state index in [1.54, 1.807) is 47.4 Å². The Morgan fingerprint density at radius 1 is 0.955 bits per heavy atom. The Bertz CT molecular complexity index is 2470. The van der Waals surface area contributed by atoms with E-state index in [2.05, 4.69) is 32.3 Å². The third kappa shape index (κ3) is 9.42. The fourth-order valence-electron chi connectivity index (χ4n) is 10.7. The van der Waals surface area contributed by atoms with Crippen molar-refractivity contribution >= 4 is 52.6 Å². The molecule has 0 radical (unpaired) electrons. The lowest BCUT2D eigenvalue weighted by Crippen LogP contribution is -2.59. The number of carbonyl (C=O) groups excluding carboxylic acids is 4. The van der Waals surface area contributed by atoms with Crippen molar-refractivity contribution in [3.63, 3.8) is 0 Å². The lowest BCUT2D eigenvalue weighted by atomic mass is 9.86. The molecule has 1 aromatic heterocycles. The first-order valence-electron chi connectivity index (χ1n) is 23.6. The van der Waals surface area contributed by atoms with Gasteiger partial charge < -0.3 is 29.3 Å². The van der Waals surface area contributed by atoms with Crippen LogP contribution in [0.25, 0.3) is 10.1 Å². The molecule has 9 rings (SSSR count). The second-order valence-electron chi connectivity index (χ2n) is 19.1. The monoisotopic (exact) mass is 943 g/mol. The van der Waals surface area contributed by atoms with Crippen molar-refractivity contribution in [2.24, 2.45) is 0 Å². The normalized spacial score (nSPS) is 27.6. The minimum absolute atomic E-state index is 0.0112. The van der Waals surface area contributed by atoms with Gasteiger partial charge in [0, 0.05) is 40.8 Å². The van der Waals surface area contributed by atoms with Crippen molar-refractivity contribution < 1.29 is 41.8 Å². The molecule has 2 unspecified atom stereocenters. The summed E-state index contributed by atoms with van der Waals surface area (Å²) in [4.78, 5) is 63.1. The largest absolute Gasteiger partial charge is 0.465 e. The maximum Gasteiger partial charge on any atom is 0.355 e. The molecule has 5 fully saturated rings. The van der Waals surface area contributed by atoms with Gasteiger partial charge in [0.2, 0.25) is 17.7 Å². The Morgan fingerprint density at radius 3 is 2.38 bits per heavy atom. The van der Waals surface area contributed by atoms with Crippen LogP contribution in [-0.2, 0) is 23.7 Å². The maximum absolute atomic E-state index is 16.7. The molecule has 4 heterocycles. The van der Waals surface area contributed by atoms with Gasteiger partial charge in [0.15, 0.2) is 0 Å². The van der Waals surface area contributed by atoms with Crippen LogP contribution in [0.4, 0.5) is 8.78 Å². The molecule has 66 heavy (non-hydrogen) atoms. The van der Waals surface area contributed by atoms with Crippen LogP contribution in [0.3, 0.4) is 0 Å². The van der Waals surface area contributed by atoms with Gasteiger partial charge in [-0.15, -0.1) is 11.3 Å². The summed E-state index contributed by atoms with van der Waals surface area (Å²) in [6.45, 7) is 4.05. The molecule has 3 aliphatic heterocycles. The summed E-state index contributed by atoms with van der Waals surface area (Å²) in [7, 11) is -2.45. The minimum atomic E-state index is -4.48. The highest BCUT2D eigenvalue weighted by molar-refractivity contribution is 7.57. The number of hydrogen-bond acceptors (Lipinski definition) is 9. The molecule has 0 bridgehead atoms. The molecule has 1 spiro atoms. The molecular formula is C50H60F2N5O7PS. The smallest absolute Gasteiger partial charge is 0.355 e. The Morgan fingerprint density at radius 2 is 1.68 bits per heavy atom. The first-order chi connectivity index (χ1) is 31.8.